The predicted molar refractivity (Wildman–Crippen MR) is 269 cm³/mol. The first-order valence-electron chi connectivity index (χ1n) is 31.4. The fraction of sp³-hybridized carbons (Fsp3) is 0.345. The van der Waals surface area contributed by atoms with Gasteiger partial charge in [-0.2, -0.15) is 0 Å². The average Bonchev–Trinajstić information content (AvgIpc) is 1.32. The third kappa shape index (κ3) is 5.80. The summed E-state index contributed by atoms with van der Waals surface area (Å²) in [6.07, 6.45) is 2.36. The van der Waals surface area contributed by atoms with E-state index in [1.54, 1.807) is 74.4 Å². The van der Waals surface area contributed by atoms with E-state index in [0.29, 0.717) is 24.8 Å². The molecular weight excluding hydrogens is 765 g/mol. The van der Waals surface area contributed by atoms with Crippen molar-refractivity contribution in [2.24, 2.45) is 0 Å². The van der Waals surface area contributed by atoms with Crippen molar-refractivity contribution < 1.29 is 30.5 Å². The summed E-state index contributed by atoms with van der Waals surface area (Å²) in [6.45, 7) is 18.5. The maximum atomic E-state index is 10.5. The lowest BCUT2D eigenvalue weighted by Gasteiger charge is -2.51. The van der Waals surface area contributed by atoms with Gasteiger partial charge in [0.15, 0.2) is 0 Å². The third-order valence-corrected chi connectivity index (χ3v) is 14.0. The van der Waals surface area contributed by atoms with E-state index in [2.05, 4.69) is 0 Å². The normalized spacial score (nSPS) is 24.6. The third-order valence-electron chi connectivity index (χ3n) is 14.0. The Morgan fingerprint density at radius 3 is 1.84 bits per heavy atom. The topological polar surface area (TPSA) is 22.9 Å². The van der Waals surface area contributed by atoms with Crippen LogP contribution in [0.5, 0.6) is 0 Å². The second-order valence-electron chi connectivity index (χ2n) is 21.1. The van der Waals surface area contributed by atoms with Crippen LogP contribution in [0, 0.1) is 0 Å². The molecule has 1 fully saturated rings. The molecule has 0 bridgehead atoms. The van der Waals surface area contributed by atoms with Crippen molar-refractivity contribution in [3.63, 3.8) is 0 Å². The molecule has 0 spiro atoms. The summed E-state index contributed by atoms with van der Waals surface area (Å²) in [7, 11) is 0. The molecule has 1 aliphatic carbocycles. The summed E-state index contributed by atoms with van der Waals surface area (Å²) in [5, 5.41) is -0.0329. The Morgan fingerprint density at radius 1 is 0.556 bits per heavy atom. The average molecular weight is 847 g/mol. The first-order valence-corrected chi connectivity index (χ1v) is 21.9. The molecule has 5 heteroatoms. The SMILES string of the molecule is [2H]c1c([2H])c([2H])c(N2c3cc(N4c5c([2H])c([2H])c([2H])c([2H])c5C5(C)CCCCC45C)cc4c3B(c3c([2H])c([2H])c(C(C)(C)C)c([2H])c3N4c3c([2H])c([2H])c(C(C)(C)C)c([2H])c3[2H])c3c2oc2c([2H])c([2H])c(C(C)(C)C)c([2H])c32)c([2H])c1[2H]. The molecule has 1 saturated carbocycles. The number of furan rings is 1. The molecular formula is C58H62BN3O. The summed E-state index contributed by atoms with van der Waals surface area (Å²) in [6, 6.07) is -5.80. The largest absolute Gasteiger partial charge is 0.440 e. The van der Waals surface area contributed by atoms with Crippen LogP contribution < -0.4 is 31.1 Å². The molecule has 1 aromatic heterocycles. The van der Waals surface area contributed by atoms with E-state index in [0.717, 1.165) is 6.42 Å². The van der Waals surface area contributed by atoms with Crippen molar-refractivity contribution in [2.75, 3.05) is 14.7 Å². The molecule has 0 amide bonds. The van der Waals surface area contributed by atoms with Gasteiger partial charge in [-0.3, -0.25) is 4.90 Å². The lowest BCUT2D eigenvalue weighted by Crippen LogP contribution is -2.61. The van der Waals surface area contributed by atoms with Gasteiger partial charge in [0.2, 0.25) is 5.88 Å². The maximum Gasteiger partial charge on any atom is 0.257 e. The number of fused-ring (bicyclic) bond motifs is 9. The van der Waals surface area contributed by atoms with Crippen molar-refractivity contribution in [3.8, 4) is 0 Å². The van der Waals surface area contributed by atoms with Gasteiger partial charge < -0.3 is 14.2 Å². The van der Waals surface area contributed by atoms with Crippen molar-refractivity contribution in [3.05, 3.63) is 149 Å². The highest BCUT2D eigenvalue weighted by Crippen LogP contribution is 2.62. The number of para-hydroxylation sites is 2. The summed E-state index contributed by atoms with van der Waals surface area (Å²) < 4.78 is 190. The lowest BCUT2D eigenvalue weighted by molar-refractivity contribution is 0.195. The Kier molecular flexibility index (Phi) is 5.20. The zero-order valence-electron chi connectivity index (χ0n) is 56.8. The molecule has 4 aliphatic rings. The highest BCUT2D eigenvalue weighted by atomic mass is 16.4. The van der Waals surface area contributed by atoms with Gasteiger partial charge in [0.25, 0.3) is 6.71 Å². The monoisotopic (exact) mass is 847 g/mol. The fourth-order valence-corrected chi connectivity index (χ4v) is 10.3. The Bertz CT molecular complexity index is 4020. The van der Waals surface area contributed by atoms with E-state index in [1.807, 2.05) is 18.7 Å². The van der Waals surface area contributed by atoms with Gasteiger partial charge in [0, 0.05) is 56.1 Å². The van der Waals surface area contributed by atoms with Crippen molar-refractivity contribution in [2.45, 2.75) is 129 Å². The Balaban J connectivity index is 1.46. The van der Waals surface area contributed by atoms with Crippen LogP contribution >= 0.6 is 0 Å². The fourth-order valence-electron chi connectivity index (χ4n) is 10.3. The van der Waals surface area contributed by atoms with Crippen LogP contribution in [0.3, 0.4) is 0 Å². The molecule has 0 saturated heterocycles. The molecule has 2 unspecified atom stereocenters. The van der Waals surface area contributed by atoms with Gasteiger partial charge in [0.1, 0.15) is 5.58 Å². The molecule has 4 heterocycles. The minimum atomic E-state index is -1.42. The number of benzene rings is 6. The summed E-state index contributed by atoms with van der Waals surface area (Å²) in [4.78, 5) is 4.52. The molecule has 11 rings (SSSR count). The molecule has 0 radical (unpaired) electrons. The smallest absolute Gasteiger partial charge is 0.257 e. The Labute approximate surface area is 402 Å². The van der Waals surface area contributed by atoms with Crippen LogP contribution in [0.1, 0.15) is 150 Å². The van der Waals surface area contributed by atoms with E-state index in [-0.39, 0.29) is 120 Å². The first-order chi connectivity index (χ1) is 37.8. The van der Waals surface area contributed by atoms with E-state index >= 15 is 0 Å². The van der Waals surface area contributed by atoms with Crippen LogP contribution in [0.2, 0.25) is 0 Å². The van der Waals surface area contributed by atoms with Gasteiger partial charge >= 0.3 is 0 Å². The van der Waals surface area contributed by atoms with Gasteiger partial charge in [0.05, 0.1) is 31.6 Å². The zero-order valence-corrected chi connectivity index (χ0v) is 37.8. The minimum absolute atomic E-state index is 0.0206. The predicted octanol–water partition coefficient (Wildman–Crippen LogP) is 14.1. The second-order valence-corrected chi connectivity index (χ2v) is 21.1. The quantitative estimate of drug-likeness (QED) is 0.165. The van der Waals surface area contributed by atoms with Gasteiger partial charge in [-0.15, -0.1) is 0 Å². The van der Waals surface area contributed by atoms with Gasteiger partial charge in [-0.1, -0.05) is 149 Å². The van der Waals surface area contributed by atoms with E-state index in [1.165, 1.54) is 9.80 Å². The Morgan fingerprint density at radius 2 is 1.14 bits per heavy atom. The maximum absolute atomic E-state index is 10.5. The molecule has 63 heavy (non-hydrogen) atoms. The minimum Gasteiger partial charge on any atom is -0.440 e. The van der Waals surface area contributed by atoms with Crippen molar-refractivity contribution >= 4 is 79.8 Å². The molecule has 6 aromatic carbocycles. The van der Waals surface area contributed by atoms with Crippen molar-refractivity contribution in [1.29, 1.82) is 0 Å². The Hall–Kier alpha value is -5.68. The highest BCUT2D eigenvalue weighted by molar-refractivity contribution is 7.01. The van der Waals surface area contributed by atoms with Crippen LogP contribution in [-0.4, -0.2) is 12.3 Å². The van der Waals surface area contributed by atoms with Gasteiger partial charge in [-0.25, -0.2) is 0 Å². The van der Waals surface area contributed by atoms with Crippen LogP contribution in [0.15, 0.2) is 131 Å². The molecule has 2 atom stereocenters. The molecule has 0 N–H and O–H groups in total. The van der Waals surface area contributed by atoms with Crippen molar-refractivity contribution in [1.82, 2.24) is 0 Å². The number of anilines is 8. The van der Waals surface area contributed by atoms with E-state index in [4.69, 9.17) is 11.3 Å². The second kappa shape index (κ2) is 13.4. The van der Waals surface area contributed by atoms with Crippen LogP contribution in [0.4, 0.5) is 45.7 Å². The molecule has 7 aromatic rings. The van der Waals surface area contributed by atoms with Crippen LogP contribution in [-0.2, 0) is 21.7 Å². The number of rotatable bonds is 3. The van der Waals surface area contributed by atoms with E-state index < -0.39 is 118 Å². The summed E-state index contributed by atoms with van der Waals surface area (Å²) in [5.41, 5.74) is -5.02. The molecule has 318 valence electrons. The first kappa shape index (κ1) is 24.4. The summed E-state index contributed by atoms with van der Waals surface area (Å²) >= 11 is 0. The molecule has 4 nitrogen and oxygen atoms in total. The standard InChI is InChI=1S/C58H62BN3O/c1-54(2,3)37-23-27-41(28-24-37)60-47-34-39(56(7,8)9)25-29-45(47)59-51-43-33-38(55(4,5)6)26-30-50(43)63-53(51)61(40-19-13-12-14-20-40)49-36-42(35-48(60)52(49)59)62-46-22-16-15-21-44(46)57(10)31-17-18-32-58(57,62)11/h12-16,19-30,33-36H,17-18,31-32H2,1-11H3/i12D,13D,14D,15D,16D,19D,20D,21D,22D,23D,24D,25D,26D,27D,28D,29D,30D,33D,34D. The van der Waals surface area contributed by atoms with Crippen LogP contribution in [0.25, 0.3) is 11.0 Å². The number of nitrogens with zero attached hydrogens (tertiary/aromatic N) is 3. The number of hydrogen-bond acceptors (Lipinski definition) is 4. The van der Waals surface area contributed by atoms with Gasteiger partial charge in [-0.05, 0) is 130 Å². The summed E-state index contributed by atoms with van der Waals surface area (Å²) in [5.74, 6) is -0.283. The highest BCUT2D eigenvalue weighted by Gasteiger charge is 2.58. The lowest BCUT2D eigenvalue weighted by atomic mass is 9.33. The molecule has 3 aliphatic heterocycles. The number of hydrogen-bond donors (Lipinski definition) is 0. The zero-order chi connectivity index (χ0) is 60.5. The van der Waals surface area contributed by atoms with E-state index in [9.17, 15) is 19.2 Å².